The van der Waals surface area contributed by atoms with Gasteiger partial charge < -0.3 is 14.4 Å². The topological polar surface area (TPSA) is 57.5 Å². The number of aryl methyl sites for hydroxylation is 1. The highest BCUT2D eigenvalue weighted by atomic mass is 19.4. The monoisotopic (exact) mass is 578 g/mol. The van der Waals surface area contributed by atoms with E-state index in [0.29, 0.717) is 25.7 Å². The van der Waals surface area contributed by atoms with Gasteiger partial charge in [-0.2, -0.15) is 22.0 Å². The standard InChI is InChI=1S/C28H28F6N6O/c1-26(29,27(30,31)25-36-35-15-37(25)2)16-5-4-6-17(9-16)40-14-22-21(24(40)41)10-20(11-23(22)28(32,33)34)39-12-18-7-8-19(13-39)38(18)3/h4-6,9-11,15,18-19H,7-8,12-14H2,1-3H3. The highest BCUT2D eigenvalue weighted by Crippen LogP contribution is 2.48. The van der Waals surface area contributed by atoms with Crippen LogP contribution in [-0.4, -0.2) is 57.8 Å². The zero-order chi connectivity index (χ0) is 29.5. The molecule has 13 heteroatoms. The molecule has 218 valence electrons. The Morgan fingerprint density at radius 2 is 1.61 bits per heavy atom. The van der Waals surface area contributed by atoms with Crippen molar-refractivity contribution in [2.45, 2.75) is 56.2 Å². The molecule has 0 N–H and O–H groups in total. The number of aromatic nitrogens is 3. The van der Waals surface area contributed by atoms with Crippen LogP contribution in [0.4, 0.5) is 37.7 Å². The first-order valence-electron chi connectivity index (χ1n) is 13.2. The second-order valence-electron chi connectivity index (χ2n) is 11.3. The van der Waals surface area contributed by atoms with Crippen molar-refractivity contribution in [3.63, 3.8) is 0 Å². The van der Waals surface area contributed by atoms with E-state index in [4.69, 9.17) is 0 Å². The molecule has 3 unspecified atom stereocenters. The Morgan fingerprint density at radius 1 is 0.927 bits per heavy atom. The lowest BCUT2D eigenvalue weighted by atomic mass is 9.90. The van der Waals surface area contributed by atoms with Crippen molar-refractivity contribution in [2.75, 3.05) is 29.9 Å². The molecule has 0 aliphatic carbocycles. The molecule has 2 saturated heterocycles. The lowest BCUT2D eigenvalue weighted by molar-refractivity contribution is -0.149. The van der Waals surface area contributed by atoms with Crippen LogP contribution in [0.1, 0.15) is 52.6 Å². The summed E-state index contributed by atoms with van der Waals surface area (Å²) in [5.74, 6) is -5.70. The van der Waals surface area contributed by atoms with Gasteiger partial charge >= 0.3 is 12.1 Å². The molecule has 4 heterocycles. The summed E-state index contributed by atoms with van der Waals surface area (Å²) in [6.07, 6.45) is -1.78. The van der Waals surface area contributed by atoms with E-state index in [1.807, 2.05) is 11.9 Å². The van der Waals surface area contributed by atoms with Crippen molar-refractivity contribution < 1.29 is 31.1 Å². The highest BCUT2D eigenvalue weighted by molar-refractivity contribution is 6.11. The van der Waals surface area contributed by atoms with E-state index in [1.54, 1.807) is 0 Å². The fourth-order valence-corrected chi connectivity index (χ4v) is 6.29. The van der Waals surface area contributed by atoms with E-state index >= 15 is 13.2 Å². The number of carbonyl (C=O) groups excluding carboxylic acids is 1. The lowest BCUT2D eigenvalue weighted by Gasteiger charge is -2.40. The largest absolute Gasteiger partial charge is 0.416 e. The number of nitrogens with zero attached hydrogens (tertiary/aromatic N) is 6. The average Bonchev–Trinajstić information content (AvgIpc) is 3.54. The number of hydrogen-bond donors (Lipinski definition) is 0. The van der Waals surface area contributed by atoms with Crippen LogP contribution in [0.25, 0.3) is 0 Å². The summed E-state index contributed by atoms with van der Waals surface area (Å²) in [4.78, 5) is 18.8. The minimum Gasteiger partial charge on any atom is -0.368 e. The van der Waals surface area contributed by atoms with Crippen molar-refractivity contribution >= 4 is 17.3 Å². The molecule has 41 heavy (non-hydrogen) atoms. The maximum atomic E-state index is 15.9. The highest BCUT2D eigenvalue weighted by Gasteiger charge is 2.57. The number of halogens is 6. The fraction of sp³-hybridized carbons (Fsp3) is 0.464. The minimum atomic E-state index is -4.72. The fourth-order valence-electron chi connectivity index (χ4n) is 6.29. The number of fused-ring (bicyclic) bond motifs is 3. The molecule has 7 nitrogen and oxygen atoms in total. The Hall–Kier alpha value is -3.61. The number of alkyl halides is 6. The molecule has 1 amide bonds. The zero-order valence-corrected chi connectivity index (χ0v) is 22.6. The Kier molecular flexibility index (Phi) is 6.18. The summed E-state index contributed by atoms with van der Waals surface area (Å²) in [5.41, 5.74) is -4.60. The zero-order valence-electron chi connectivity index (χ0n) is 22.6. The Balaban J connectivity index is 1.35. The summed E-state index contributed by atoms with van der Waals surface area (Å²) >= 11 is 0. The number of carbonyl (C=O) groups is 1. The third-order valence-corrected chi connectivity index (χ3v) is 8.83. The molecule has 0 saturated carbocycles. The Morgan fingerprint density at radius 3 is 2.22 bits per heavy atom. The summed E-state index contributed by atoms with van der Waals surface area (Å²) in [6, 6.07) is 7.92. The number of hydrogen-bond acceptors (Lipinski definition) is 5. The van der Waals surface area contributed by atoms with Gasteiger partial charge in [0.15, 0.2) is 0 Å². The quantitative estimate of drug-likeness (QED) is 0.387. The number of likely N-dealkylation sites (N-methyl/N-ethyl adjacent to an activating group) is 1. The molecule has 6 rings (SSSR count). The van der Waals surface area contributed by atoms with E-state index in [1.165, 1.54) is 25.2 Å². The predicted octanol–water partition coefficient (Wildman–Crippen LogP) is 5.25. The van der Waals surface area contributed by atoms with E-state index in [-0.39, 0.29) is 28.9 Å². The summed E-state index contributed by atoms with van der Waals surface area (Å²) in [6.45, 7) is 1.37. The van der Waals surface area contributed by atoms with Gasteiger partial charge in [-0.3, -0.25) is 9.69 Å². The smallest absolute Gasteiger partial charge is 0.368 e. The maximum absolute atomic E-state index is 15.9. The summed E-state index contributed by atoms with van der Waals surface area (Å²) in [7, 11) is 3.28. The molecule has 3 aliphatic heterocycles. The minimum absolute atomic E-state index is 0.00802. The first-order chi connectivity index (χ1) is 19.2. The Labute approximate surface area is 232 Å². The van der Waals surface area contributed by atoms with Crippen LogP contribution < -0.4 is 9.80 Å². The third-order valence-electron chi connectivity index (χ3n) is 8.83. The second kappa shape index (κ2) is 9.20. The number of anilines is 2. The van der Waals surface area contributed by atoms with Crippen LogP contribution in [0.5, 0.6) is 0 Å². The normalized spacial score (nSPS) is 22.8. The summed E-state index contributed by atoms with van der Waals surface area (Å²) in [5, 5.41) is 6.77. The van der Waals surface area contributed by atoms with Crippen LogP contribution in [0, 0.1) is 0 Å². The second-order valence-corrected chi connectivity index (χ2v) is 11.3. The first kappa shape index (κ1) is 27.6. The molecule has 2 bridgehead atoms. The number of piperazine rings is 1. The molecule has 3 aromatic rings. The molecule has 3 aliphatic rings. The van der Waals surface area contributed by atoms with Gasteiger partial charge in [0.25, 0.3) is 5.91 Å². The van der Waals surface area contributed by atoms with Gasteiger partial charge in [0.05, 0.1) is 12.1 Å². The first-order valence-corrected chi connectivity index (χ1v) is 13.2. The van der Waals surface area contributed by atoms with E-state index < -0.39 is 47.2 Å². The molecule has 2 fully saturated rings. The van der Waals surface area contributed by atoms with Gasteiger partial charge in [-0.1, -0.05) is 12.1 Å². The third kappa shape index (κ3) is 4.27. The number of amides is 1. The van der Waals surface area contributed by atoms with Crippen molar-refractivity contribution in [3.8, 4) is 0 Å². The van der Waals surface area contributed by atoms with Gasteiger partial charge in [-0.15, -0.1) is 10.2 Å². The van der Waals surface area contributed by atoms with Gasteiger partial charge in [-0.05, 0) is 62.2 Å². The van der Waals surface area contributed by atoms with Crippen LogP contribution in [0.2, 0.25) is 0 Å². The molecule has 2 aromatic carbocycles. The molecular weight excluding hydrogens is 550 g/mol. The molecule has 1 aromatic heterocycles. The number of rotatable bonds is 5. The predicted molar refractivity (Wildman–Crippen MR) is 139 cm³/mol. The van der Waals surface area contributed by atoms with E-state index in [0.717, 1.165) is 46.8 Å². The van der Waals surface area contributed by atoms with Crippen molar-refractivity contribution in [1.29, 1.82) is 0 Å². The molecular formula is C28H28F6N6O. The Bertz CT molecular complexity index is 1500. The molecule has 0 radical (unpaired) electrons. The van der Waals surface area contributed by atoms with Crippen molar-refractivity contribution in [1.82, 2.24) is 19.7 Å². The molecule has 0 spiro atoms. The van der Waals surface area contributed by atoms with Crippen LogP contribution in [-0.2, 0) is 31.4 Å². The molecule has 3 atom stereocenters. The van der Waals surface area contributed by atoms with Gasteiger partial charge in [0, 0.05) is 49.2 Å². The van der Waals surface area contributed by atoms with Crippen LogP contribution in [0.15, 0.2) is 42.7 Å². The van der Waals surface area contributed by atoms with Gasteiger partial charge in [0.2, 0.25) is 11.5 Å². The van der Waals surface area contributed by atoms with Gasteiger partial charge in [0.1, 0.15) is 6.33 Å². The van der Waals surface area contributed by atoms with Crippen LogP contribution in [0.3, 0.4) is 0 Å². The summed E-state index contributed by atoms with van der Waals surface area (Å²) < 4.78 is 90.2. The average molecular weight is 579 g/mol. The van der Waals surface area contributed by atoms with Crippen LogP contribution >= 0.6 is 0 Å². The van der Waals surface area contributed by atoms with Crippen molar-refractivity contribution in [2.24, 2.45) is 7.05 Å². The SMILES string of the molecule is CN1C2CCC1CN(c1cc3c(c(C(F)(F)F)c1)CN(c1cccc(C(C)(F)C(F)(F)c4nncn4C)c1)C3=O)C2. The van der Waals surface area contributed by atoms with Gasteiger partial charge in [-0.25, -0.2) is 4.39 Å². The number of benzene rings is 2. The van der Waals surface area contributed by atoms with E-state index in [2.05, 4.69) is 15.1 Å². The lowest BCUT2D eigenvalue weighted by Crippen LogP contribution is -2.52. The van der Waals surface area contributed by atoms with Crippen molar-refractivity contribution in [3.05, 3.63) is 70.8 Å². The maximum Gasteiger partial charge on any atom is 0.416 e. The van der Waals surface area contributed by atoms with E-state index in [9.17, 15) is 18.0 Å².